The lowest BCUT2D eigenvalue weighted by atomic mass is 10.2. The van der Waals surface area contributed by atoms with Crippen LogP contribution in [0.2, 0.25) is 0 Å². The highest BCUT2D eigenvalue weighted by atomic mass is 79.9. The lowest BCUT2D eigenvalue weighted by Crippen LogP contribution is -2.35. The highest BCUT2D eigenvalue weighted by Gasteiger charge is 2.22. The number of hydrogen-bond acceptors (Lipinski definition) is 6. The maximum Gasteiger partial charge on any atom is 0.261 e. The molecule has 10 heteroatoms. The Balaban J connectivity index is 1.50. The van der Waals surface area contributed by atoms with Crippen LogP contribution in [-0.2, 0) is 4.79 Å². The SMILES string of the molecule is C[C@H]1CCCN1CC(=O)Nc1cnc2c(c1)[nH]c(=O)c1c2nn2cc(Br)sc12. The van der Waals surface area contributed by atoms with Gasteiger partial charge in [-0.2, -0.15) is 5.10 Å². The molecule has 144 valence electrons. The van der Waals surface area contributed by atoms with Gasteiger partial charge in [0, 0.05) is 6.04 Å². The van der Waals surface area contributed by atoms with E-state index in [1.165, 1.54) is 11.3 Å². The highest BCUT2D eigenvalue weighted by molar-refractivity contribution is 9.11. The number of amides is 1. The Hall–Kier alpha value is -2.30. The van der Waals surface area contributed by atoms with Gasteiger partial charge in [0.15, 0.2) is 0 Å². The number of nitrogens with zero attached hydrogens (tertiary/aromatic N) is 4. The van der Waals surface area contributed by atoms with Crippen molar-refractivity contribution in [3.63, 3.8) is 0 Å². The second-order valence-electron chi connectivity index (χ2n) is 7.09. The third kappa shape index (κ3) is 2.92. The molecule has 0 saturated carbocycles. The lowest BCUT2D eigenvalue weighted by Gasteiger charge is -2.20. The number of halogens is 1. The van der Waals surface area contributed by atoms with Gasteiger partial charge in [-0.25, -0.2) is 4.52 Å². The van der Waals surface area contributed by atoms with Gasteiger partial charge in [0.05, 0.1) is 33.9 Å². The lowest BCUT2D eigenvalue weighted by molar-refractivity contribution is -0.117. The van der Waals surface area contributed by atoms with Crippen LogP contribution >= 0.6 is 27.3 Å². The molecule has 1 amide bonds. The van der Waals surface area contributed by atoms with Gasteiger partial charge in [-0.1, -0.05) is 0 Å². The minimum absolute atomic E-state index is 0.0781. The monoisotopic (exact) mass is 460 g/mol. The number of carbonyl (C=O) groups excluding carboxylic acids is 1. The highest BCUT2D eigenvalue weighted by Crippen LogP contribution is 2.30. The zero-order chi connectivity index (χ0) is 19.4. The Morgan fingerprint density at radius 3 is 3.11 bits per heavy atom. The molecule has 1 atom stereocenters. The van der Waals surface area contributed by atoms with E-state index in [1.807, 2.05) is 6.20 Å². The van der Waals surface area contributed by atoms with E-state index in [1.54, 1.807) is 16.8 Å². The summed E-state index contributed by atoms with van der Waals surface area (Å²) < 4.78 is 2.58. The first-order chi connectivity index (χ1) is 13.5. The summed E-state index contributed by atoms with van der Waals surface area (Å²) in [5, 5.41) is 7.92. The molecule has 5 rings (SSSR count). The molecule has 1 fully saturated rings. The Bertz CT molecular complexity index is 1290. The summed E-state index contributed by atoms with van der Waals surface area (Å²) in [5.41, 5.74) is 2.05. The molecule has 2 N–H and O–H groups in total. The number of aromatic nitrogens is 4. The van der Waals surface area contributed by atoms with Crippen LogP contribution in [0.15, 0.2) is 27.0 Å². The van der Waals surface area contributed by atoms with Gasteiger partial charge in [0.2, 0.25) is 5.91 Å². The number of anilines is 1. The van der Waals surface area contributed by atoms with Crippen LogP contribution in [0.1, 0.15) is 19.8 Å². The van der Waals surface area contributed by atoms with Crippen LogP contribution < -0.4 is 10.9 Å². The minimum atomic E-state index is -0.219. The number of aromatic amines is 1. The first-order valence-electron chi connectivity index (χ1n) is 9.03. The number of rotatable bonds is 3. The zero-order valence-electron chi connectivity index (χ0n) is 15.0. The molecule has 8 nitrogen and oxygen atoms in total. The fourth-order valence-corrected chi connectivity index (χ4v) is 5.27. The maximum absolute atomic E-state index is 12.6. The number of hydrogen-bond donors (Lipinski definition) is 2. The molecule has 1 saturated heterocycles. The number of nitrogens with one attached hydrogen (secondary N) is 2. The van der Waals surface area contributed by atoms with Crippen LogP contribution in [0.25, 0.3) is 26.8 Å². The fourth-order valence-electron chi connectivity index (χ4n) is 3.80. The number of fused-ring (bicyclic) bond motifs is 5. The topological polar surface area (TPSA) is 95.4 Å². The van der Waals surface area contributed by atoms with E-state index in [9.17, 15) is 9.59 Å². The van der Waals surface area contributed by atoms with Gasteiger partial charge in [0.1, 0.15) is 21.3 Å². The van der Waals surface area contributed by atoms with E-state index in [0.29, 0.717) is 40.2 Å². The van der Waals surface area contributed by atoms with Crippen LogP contribution in [0.3, 0.4) is 0 Å². The Labute approximate surface area is 171 Å². The fraction of sp³-hybridized carbons (Fsp3) is 0.333. The average Bonchev–Trinajstić information content (AvgIpc) is 3.29. The molecule has 5 heterocycles. The standard InChI is InChI=1S/C18H17BrN6O2S/c1-9-3-2-4-24(9)8-13(26)21-10-5-11-15(20-6-10)16-14(17(27)22-11)18-25(23-16)7-12(19)28-18/h5-7,9H,2-4,8H2,1H3,(H,21,26)(H,22,27)/t9-/m0/s1. The van der Waals surface area contributed by atoms with Crippen molar-refractivity contribution in [3.8, 4) is 0 Å². The molecule has 4 aromatic heterocycles. The number of thiazole rings is 1. The smallest absolute Gasteiger partial charge is 0.261 e. The maximum atomic E-state index is 12.6. The first-order valence-corrected chi connectivity index (χ1v) is 10.6. The third-order valence-electron chi connectivity index (χ3n) is 5.19. The normalized spacial score (nSPS) is 17.9. The molecular formula is C18H17BrN6O2S. The molecule has 4 aromatic rings. The third-order valence-corrected chi connectivity index (χ3v) is 6.77. The summed E-state index contributed by atoms with van der Waals surface area (Å²) in [6, 6.07) is 2.16. The first kappa shape index (κ1) is 17.8. The number of H-pyrrole nitrogens is 1. The molecular weight excluding hydrogens is 444 g/mol. The molecule has 0 radical (unpaired) electrons. The molecule has 0 spiro atoms. The number of likely N-dealkylation sites (tertiary alicyclic amines) is 1. The Morgan fingerprint density at radius 2 is 2.32 bits per heavy atom. The van der Waals surface area contributed by atoms with Gasteiger partial charge >= 0.3 is 0 Å². The summed E-state index contributed by atoms with van der Waals surface area (Å²) in [5.74, 6) is -0.0781. The molecule has 28 heavy (non-hydrogen) atoms. The van der Waals surface area contributed by atoms with E-state index < -0.39 is 0 Å². The van der Waals surface area contributed by atoms with E-state index in [2.05, 4.69) is 48.1 Å². The van der Waals surface area contributed by atoms with Gasteiger partial charge in [-0.3, -0.25) is 19.5 Å². The van der Waals surface area contributed by atoms with E-state index in [-0.39, 0.29) is 11.5 Å². The largest absolute Gasteiger partial charge is 0.324 e. The van der Waals surface area contributed by atoms with E-state index in [0.717, 1.165) is 28.0 Å². The minimum Gasteiger partial charge on any atom is -0.324 e. The zero-order valence-corrected chi connectivity index (χ0v) is 17.4. The molecule has 0 aromatic carbocycles. The van der Waals surface area contributed by atoms with Gasteiger partial charge in [0.25, 0.3) is 5.56 Å². The molecule has 1 aliphatic heterocycles. The summed E-state index contributed by atoms with van der Waals surface area (Å²) in [4.78, 5) is 35.3. The molecule has 0 bridgehead atoms. The quantitative estimate of drug-likeness (QED) is 0.489. The van der Waals surface area contributed by atoms with Crippen molar-refractivity contribution in [2.75, 3.05) is 18.4 Å². The van der Waals surface area contributed by atoms with Crippen LogP contribution in [0, 0.1) is 0 Å². The van der Waals surface area contributed by atoms with Crippen molar-refractivity contribution in [1.29, 1.82) is 0 Å². The van der Waals surface area contributed by atoms with Gasteiger partial charge < -0.3 is 10.3 Å². The Kier molecular flexibility index (Phi) is 4.22. The van der Waals surface area contributed by atoms with Crippen molar-refractivity contribution in [2.24, 2.45) is 0 Å². The second-order valence-corrected chi connectivity index (χ2v) is 9.50. The van der Waals surface area contributed by atoms with Crippen molar-refractivity contribution >= 4 is 65.6 Å². The average molecular weight is 461 g/mol. The van der Waals surface area contributed by atoms with Crippen LogP contribution in [-0.4, -0.2) is 49.5 Å². The number of carbonyl (C=O) groups is 1. The van der Waals surface area contributed by atoms with Crippen LogP contribution in [0.4, 0.5) is 5.69 Å². The number of pyridine rings is 2. The molecule has 0 unspecified atom stereocenters. The second kappa shape index (κ2) is 6.64. The summed E-state index contributed by atoms with van der Waals surface area (Å²) in [6.45, 7) is 3.45. The summed E-state index contributed by atoms with van der Waals surface area (Å²) >= 11 is 4.86. The van der Waals surface area contributed by atoms with Crippen molar-refractivity contribution in [3.05, 3.63) is 32.6 Å². The van der Waals surface area contributed by atoms with Crippen molar-refractivity contribution < 1.29 is 4.79 Å². The van der Waals surface area contributed by atoms with E-state index >= 15 is 0 Å². The van der Waals surface area contributed by atoms with Crippen LogP contribution in [0.5, 0.6) is 0 Å². The Morgan fingerprint density at radius 1 is 1.46 bits per heavy atom. The van der Waals surface area contributed by atoms with E-state index in [4.69, 9.17) is 0 Å². The molecule has 0 aliphatic carbocycles. The predicted octanol–water partition coefficient (Wildman–Crippen LogP) is 2.97. The molecule has 1 aliphatic rings. The van der Waals surface area contributed by atoms with Crippen molar-refractivity contribution in [1.82, 2.24) is 24.5 Å². The van der Waals surface area contributed by atoms with Gasteiger partial charge in [-0.15, -0.1) is 11.3 Å². The summed E-state index contributed by atoms with van der Waals surface area (Å²) in [6.07, 6.45) is 5.68. The predicted molar refractivity (Wildman–Crippen MR) is 113 cm³/mol. The van der Waals surface area contributed by atoms with Crippen molar-refractivity contribution in [2.45, 2.75) is 25.8 Å². The summed E-state index contributed by atoms with van der Waals surface area (Å²) in [7, 11) is 0. The van der Waals surface area contributed by atoms with Gasteiger partial charge in [-0.05, 0) is 48.3 Å².